The van der Waals surface area contributed by atoms with E-state index in [1.54, 1.807) is 0 Å². The molecule has 0 aliphatic carbocycles. The van der Waals surface area contributed by atoms with Crippen LogP contribution >= 0.6 is 0 Å². The van der Waals surface area contributed by atoms with E-state index in [1.807, 2.05) is 0 Å². The van der Waals surface area contributed by atoms with E-state index in [2.05, 4.69) is 48.2 Å². The first kappa shape index (κ1) is 17.2. The maximum atomic E-state index is 5.38. The fourth-order valence-corrected chi connectivity index (χ4v) is 2.18. The van der Waals surface area contributed by atoms with E-state index in [1.165, 1.54) is 0 Å². The van der Waals surface area contributed by atoms with Gasteiger partial charge in [0.2, 0.25) is 0 Å². The van der Waals surface area contributed by atoms with Crippen molar-refractivity contribution < 1.29 is 4.74 Å². The summed E-state index contributed by atoms with van der Waals surface area (Å²) >= 11 is 0. The lowest BCUT2D eigenvalue weighted by atomic mass is 10.1. The van der Waals surface area contributed by atoms with Gasteiger partial charge in [-0.3, -0.25) is 9.89 Å². The molecule has 1 unspecified atom stereocenters. The maximum Gasteiger partial charge on any atom is 0.191 e. The van der Waals surface area contributed by atoms with Gasteiger partial charge in [-0.25, -0.2) is 0 Å². The van der Waals surface area contributed by atoms with Gasteiger partial charge in [0, 0.05) is 39.3 Å². The Labute approximate surface area is 124 Å². The molecule has 0 aromatic heterocycles. The zero-order valence-electron chi connectivity index (χ0n) is 13.6. The second-order valence-electron chi connectivity index (χ2n) is 6.01. The molecule has 2 N–H and O–H groups in total. The van der Waals surface area contributed by atoms with Gasteiger partial charge in [0.05, 0.1) is 13.2 Å². The molecule has 1 atom stereocenters. The van der Waals surface area contributed by atoms with Crippen LogP contribution in [0, 0.1) is 11.8 Å². The summed E-state index contributed by atoms with van der Waals surface area (Å²) in [4.78, 5) is 7.07. The van der Waals surface area contributed by atoms with Crippen LogP contribution in [0.1, 0.15) is 27.7 Å². The van der Waals surface area contributed by atoms with Crippen molar-refractivity contribution in [1.29, 1.82) is 0 Å². The van der Waals surface area contributed by atoms with Gasteiger partial charge in [-0.05, 0) is 18.8 Å². The van der Waals surface area contributed by atoms with Crippen LogP contribution in [0.4, 0.5) is 0 Å². The summed E-state index contributed by atoms with van der Waals surface area (Å²) in [5, 5.41) is 6.75. The number of nitrogens with one attached hydrogen (secondary N) is 2. The van der Waals surface area contributed by atoms with Gasteiger partial charge >= 0.3 is 0 Å². The molecule has 0 aromatic rings. The summed E-state index contributed by atoms with van der Waals surface area (Å²) in [6.07, 6.45) is 0. The van der Waals surface area contributed by atoms with Crippen LogP contribution in [-0.2, 0) is 4.74 Å². The van der Waals surface area contributed by atoms with E-state index >= 15 is 0 Å². The highest BCUT2D eigenvalue weighted by atomic mass is 16.5. The van der Waals surface area contributed by atoms with Crippen molar-refractivity contribution in [3.8, 4) is 0 Å². The largest absolute Gasteiger partial charge is 0.379 e. The predicted molar refractivity (Wildman–Crippen MR) is 85.2 cm³/mol. The number of aliphatic imine (C=N–C) groups is 1. The van der Waals surface area contributed by atoms with Crippen LogP contribution in [-0.4, -0.2) is 63.3 Å². The normalized spacial score (nSPS) is 19.1. The molecule has 1 rings (SSSR count). The van der Waals surface area contributed by atoms with E-state index in [9.17, 15) is 0 Å². The first-order valence-electron chi connectivity index (χ1n) is 7.94. The van der Waals surface area contributed by atoms with Crippen LogP contribution in [0.25, 0.3) is 0 Å². The maximum absolute atomic E-state index is 5.38. The fourth-order valence-electron chi connectivity index (χ4n) is 2.18. The van der Waals surface area contributed by atoms with E-state index in [0.717, 1.165) is 58.4 Å². The van der Waals surface area contributed by atoms with Crippen molar-refractivity contribution >= 4 is 5.96 Å². The Hall–Kier alpha value is -0.810. The molecular weight excluding hydrogens is 252 g/mol. The SMILES string of the molecule is CCNC(=NCC(C)C)NCC(C)CN1CCOCC1. The van der Waals surface area contributed by atoms with Crippen LogP contribution in [0.5, 0.6) is 0 Å². The molecule has 1 aliphatic heterocycles. The van der Waals surface area contributed by atoms with Crippen molar-refractivity contribution in [2.75, 3.05) is 52.5 Å². The van der Waals surface area contributed by atoms with E-state index < -0.39 is 0 Å². The second-order valence-corrected chi connectivity index (χ2v) is 6.01. The Morgan fingerprint density at radius 1 is 1.20 bits per heavy atom. The van der Waals surface area contributed by atoms with Gasteiger partial charge in [-0.2, -0.15) is 0 Å². The molecular formula is C15H32N4O. The fraction of sp³-hybridized carbons (Fsp3) is 0.933. The van der Waals surface area contributed by atoms with Crippen LogP contribution in [0.2, 0.25) is 0 Å². The van der Waals surface area contributed by atoms with Crippen molar-refractivity contribution in [2.24, 2.45) is 16.8 Å². The Kier molecular flexibility index (Phi) is 8.62. The highest BCUT2D eigenvalue weighted by Crippen LogP contribution is 2.02. The molecule has 5 heteroatoms. The molecule has 20 heavy (non-hydrogen) atoms. The highest BCUT2D eigenvalue weighted by molar-refractivity contribution is 5.79. The lowest BCUT2D eigenvalue weighted by molar-refractivity contribution is 0.0320. The van der Waals surface area contributed by atoms with E-state index in [-0.39, 0.29) is 0 Å². The molecule has 0 radical (unpaired) electrons. The average Bonchev–Trinajstić information content (AvgIpc) is 2.43. The minimum atomic E-state index is 0.594. The Balaban J connectivity index is 2.28. The first-order valence-corrected chi connectivity index (χ1v) is 7.94. The number of hydrogen-bond donors (Lipinski definition) is 2. The Bertz CT molecular complexity index is 275. The van der Waals surface area contributed by atoms with Gasteiger partial charge in [0.1, 0.15) is 0 Å². The highest BCUT2D eigenvalue weighted by Gasteiger charge is 2.13. The summed E-state index contributed by atoms with van der Waals surface area (Å²) in [6.45, 7) is 16.5. The predicted octanol–water partition coefficient (Wildman–Crippen LogP) is 1.17. The summed E-state index contributed by atoms with van der Waals surface area (Å²) < 4.78 is 5.38. The minimum Gasteiger partial charge on any atom is -0.379 e. The molecule has 5 nitrogen and oxygen atoms in total. The molecule has 0 spiro atoms. The molecule has 0 saturated carbocycles. The van der Waals surface area contributed by atoms with Crippen molar-refractivity contribution in [1.82, 2.24) is 15.5 Å². The van der Waals surface area contributed by atoms with E-state index in [4.69, 9.17) is 4.74 Å². The number of hydrogen-bond acceptors (Lipinski definition) is 3. The topological polar surface area (TPSA) is 48.9 Å². The third-order valence-corrected chi connectivity index (χ3v) is 3.25. The standard InChI is InChI=1S/C15H32N4O/c1-5-16-15(17-10-13(2)3)18-11-14(4)12-19-6-8-20-9-7-19/h13-14H,5-12H2,1-4H3,(H2,16,17,18). The molecule has 1 fully saturated rings. The monoisotopic (exact) mass is 284 g/mol. The van der Waals surface area contributed by atoms with Crippen molar-refractivity contribution in [3.63, 3.8) is 0 Å². The van der Waals surface area contributed by atoms with Gasteiger partial charge in [-0.15, -0.1) is 0 Å². The van der Waals surface area contributed by atoms with E-state index in [0.29, 0.717) is 11.8 Å². The zero-order chi connectivity index (χ0) is 14.8. The third kappa shape index (κ3) is 7.70. The lowest BCUT2D eigenvalue weighted by Crippen LogP contribution is -2.44. The number of guanidine groups is 1. The van der Waals surface area contributed by atoms with Crippen molar-refractivity contribution in [3.05, 3.63) is 0 Å². The number of nitrogens with zero attached hydrogens (tertiary/aromatic N) is 2. The smallest absolute Gasteiger partial charge is 0.191 e. The summed E-state index contributed by atoms with van der Waals surface area (Å²) in [6, 6.07) is 0. The minimum absolute atomic E-state index is 0.594. The summed E-state index contributed by atoms with van der Waals surface area (Å²) in [7, 11) is 0. The Morgan fingerprint density at radius 3 is 2.50 bits per heavy atom. The molecule has 1 heterocycles. The van der Waals surface area contributed by atoms with Crippen LogP contribution in [0.15, 0.2) is 4.99 Å². The van der Waals surface area contributed by atoms with Gasteiger partial charge in [0.15, 0.2) is 5.96 Å². The number of rotatable bonds is 7. The first-order chi connectivity index (χ1) is 9.61. The molecule has 0 amide bonds. The quantitative estimate of drug-likeness (QED) is 0.544. The number of ether oxygens (including phenoxy) is 1. The number of morpholine rings is 1. The Morgan fingerprint density at radius 2 is 1.90 bits per heavy atom. The molecule has 1 aliphatic rings. The molecule has 1 saturated heterocycles. The van der Waals surface area contributed by atoms with Gasteiger partial charge in [-0.1, -0.05) is 20.8 Å². The molecule has 0 aromatic carbocycles. The van der Waals surface area contributed by atoms with Gasteiger partial charge in [0.25, 0.3) is 0 Å². The molecule has 118 valence electrons. The molecule has 0 bridgehead atoms. The van der Waals surface area contributed by atoms with Crippen molar-refractivity contribution in [2.45, 2.75) is 27.7 Å². The third-order valence-electron chi connectivity index (χ3n) is 3.25. The second kappa shape index (κ2) is 10.00. The zero-order valence-corrected chi connectivity index (χ0v) is 13.6. The van der Waals surface area contributed by atoms with Crippen LogP contribution in [0.3, 0.4) is 0 Å². The van der Waals surface area contributed by atoms with Crippen LogP contribution < -0.4 is 10.6 Å². The van der Waals surface area contributed by atoms with Gasteiger partial charge < -0.3 is 15.4 Å². The lowest BCUT2D eigenvalue weighted by Gasteiger charge is -2.29. The average molecular weight is 284 g/mol. The summed E-state index contributed by atoms with van der Waals surface area (Å²) in [5.41, 5.74) is 0. The summed E-state index contributed by atoms with van der Waals surface area (Å²) in [5.74, 6) is 2.14.